The first-order chi connectivity index (χ1) is 14.0. The molecular formula is C24H28N4O. The van der Waals surface area contributed by atoms with E-state index in [1.807, 2.05) is 13.1 Å². The SMILES string of the molecule is CCCNC(=O)c1cn2c(C)c(C)nc2c2c1CCC1(Cc3ccccc3C1)N2. The number of benzene rings is 1. The Hall–Kier alpha value is -2.82. The van der Waals surface area contributed by atoms with Crippen molar-refractivity contribution in [2.24, 2.45) is 0 Å². The predicted octanol–water partition coefficient (Wildman–Crippen LogP) is 3.99. The van der Waals surface area contributed by atoms with Gasteiger partial charge in [-0.3, -0.25) is 4.79 Å². The lowest BCUT2D eigenvalue weighted by Gasteiger charge is -2.37. The second kappa shape index (κ2) is 6.61. The third-order valence-corrected chi connectivity index (χ3v) is 6.70. The predicted molar refractivity (Wildman–Crippen MR) is 116 cm³/mol. The molecule has 5 rings (SSSR count). The molecule has 1 amide bonds. The minimum Gasteiger partial charge on any atom is -0.376 e. The Labute approximate surface area is 171 Å². The highest BCUT2D eigenvalue weighted by atomic mass is 16.1. The molecule has 5 heteroatoms. The van der Waals surface area contributed by atoms with E-state index in [-0.39, 0.29) is 11.4 Å². The molecule has 1 aliphatic heterocycles. The van der Waals surface area contributed by atoms with Crippen molar-refractivity contribution >= 4 is 17.2 Å². The number of hydrogen-bond acceptors (Lipinski definition) is 3. The molecule has 0 saturated carbocycles. The summed E-state index contributed by atoms with van der Waals surface area (Å²) in [6.07, 6.45) is 6.89. The van der Waals surface area contributed by atoms with E-state index in [0.717, 1.165) is 66.0 Å². The molecule has 0 atom stereocenters. The van der Waals surface area contributed by atoms with Crippen LogP contribution in [0.25, 0.3) is 5.65 Å². The van der Waals surface area contributed by atoms with Crippen LogP contribution in [0.1, 0.15) is 58.2 Å². The maximum atomic E-state index is 13.0. The molecule has 5 nitrogen and oxygen atoms in total. The van der Waals surface area contributed by atoms with Crippen LogP contribution in [0.5, 0.6) is 0 Å². The Balaban J connectivity index is 1.62. The summed E-state index contributed by atoms with van der Waals surface area (Å²) in [5, 5.41) is 6.96. The molecule has 150 valence electrons. The molecule has 0 radical (unpaired) electrons. The van der Waals surface area contributed by atoms with Crippen LogP contribution in [0.3, 0.4) is 0 Å². The van der Waals surface area contributed by atoms with Gasteiger partial charge in [-0.25, -0.2) is 4.98 Å². The lowest BCUT2D eigenvalue weighted by atomic mass is 9.82. The van der Waals surface area contributed by atoms with Gasteiger partial charge in [0.25, 0.3) is 5.91 Å². The fraction of sp³-hybridized carbons (Fsp3) is 0.417. The standard InChI is InChI=1S/C24H28N4O/c1-4-11-25-23(29)20-14-28-16(3)15(2)26-22(28)21-19(20)9-10-24(27-21)12-17-7-5-6-8-18(17)13-24/h5-8,14,27H,4,9-13H2,1-3H3,(H,25,29). The number of carbonyl (C=O) groups excluding carboxylic acids is 1. The van der Waals surface area contributed by atoms with Crippen LogP contribution >= 0.6 is 0 Å². The summed E-state index contributed by atoms with van der Waals surface area (Å²) < 4.78 is 2.09. The highest BCUT2D eigenvalue weighted by Gasteiger charge is 2.41. The Morgan fingerprint density at radius 2 is 1.97 bits per heavy atom. The van der Waals surface area contributed by atoms with Crippen LogP contribution in [0, 0.1) is 13.8 Å². The summed E-state index contributed by atoms with van der Waals surface area (Å²) in [7, 11) is 0. The van der Waals surface area contributed by atoms with Crippen molar-refractivity contribution in [3.05, 3.63) is 64.1 Å². The summed E-state index contributed by atoms with van der Waals surface area (Å²) in [4.78, 5) is 17.8. The summed E-state index contributed by atoms with van der Waals surface area (Å²) in [5.74, 6) is 0.0169. The van der Waals surface area contributed by atoms with Crippen molar-refractivity contribution in [1.29, 1.82) is 0 Å². The van der Waals surface area contributed by atoms with Crippen molar-refractivity contribution in [3.63, 3.8) is 0 Å². The molecule has 2 aliphatic rings. The van der Waals surface area contributed by atoms with E-state index in [1.54, 1.807) is 0 Å². The molecule has 1 aliphatic carbocycles. The van der Waals surface area contributed by atoms with Gasteiger partial charge in [0.15, 0.2) is 5.65 Å². The van der Waals surface area contributed by atoms with Gasteiger partial charge in [-0.15, -0.1) is 0 Å². The average molecular weight is 389 g/mol. The third-order valence-electron chi connectivity index (χ3n) is 6.70. The topological polar surface area (TPSA) is 58.4 Å². The van der Waals surface area contributed by atoms with E-state index in [2.05, 4.69) is 53.1 Å². The number of hydrogen-bond donors (Lipinski definition) is 2. The molecular weight excluding hydrogens is 360 g/mol. The van der Waals surface area contributed by atoms with Crippen molar-refractivity contribution in [2.45, 2.75) is 58.4 Å². The quantitative estimate of drug-likeness (QED) is 0.713. The number of fused-ring (bicyclic) bond motifs is 4. The number of aromatic nitrogens is 2. The second-order valence-corrected chi connectivity index (χ2v) is 8.66. The number of nitrogens with one attached hydrogen (secondary N) is 2. The Morgan fingerprint density at radius 3 is 2.66 bits per heavy atom. The molecule has 3 heterocycles. The van der Waals surface area contributed by atoms with E-state index < -0.39 is 0 Å². The molecule has 0 saturated heterocycles. The fourth-order valence-electron chi connectivity index (χ4n) is 5.01. The minimum absolute atomic E-state index is 0.0169. The van der Waals surface area contributed by atoms with Gasteiger partial charge in [0.05, 0.1) is 16.9 Å². The monoisotopic (exact) mass is 388 g/mol. The van der Waals surface area contributed by atoms with Crippen LogP contribution in [0.4, 0.5) is 5.69 Å². The van der Waals surface area contributed by atoms with Crippen LogP contribution < -0.4 is 10.6 Å². The first-order valence-corrected chi connectivity index (χ1v) is 10.7. The molecule has 0 bridgehead atoms. The Bertz CT molecular complexity index is 1100. The summed E-state index contributed by atoms with van der Waals surface area (Å²) in [5.41, 5.74) is 8.86. The smallest absolute Gasteiger partial charge is 0.253 e. The maximum absolute atomic E-state index is 13.0. The van der Waals surface area contributed by atoms with Crippen molar-refractivity contribution in [1.82, 2.24) is 14.7 Å². The lowest BCUT2D eigenvalue weighted by molar-refractivity contribution is 0.0952. The minimum atomic E-state index is 0.0169. The van der Waals surface area contributed by atoms with Gasteiger partial charge in [-0.2, -0.15) is 0 Å². The fourth-order valence-corrected chi connectivity index (χ4v) is 5.01. The van der Waals surface area contributed by atoms with Crippen LogP contribution in [-0.2, 0) is 19.3 Å². The molecule has 2 N–H and O–H groups in total. The lowest BCUT2D eigenvalue weighted by Crippen LogP contribution is -2.43. The van der Waals surface area contributed by atoms with Crippen LogP contribution in [0.2, 0.25) is 0 Å². The van der Waals surface area contributed by atoms with Gasteiger partial charge < -0.3 is 15.0 Å². The zero-order chi connectivity index (χ0) is 20.2. The summed E-state index contributed by atoms with van der Waals surface area (Å²) >= 11 is 0. The van der Waals surface area contributed by atoms with E-state index in [4.69, 9.17) is 4.98 Å². The number of amides is 1. The zero-order valence-electron chi connectivity index (χ0n) is 17.4. The van der Waals surface area contributed by atoms with Crippen LogP contribution in [-0.4, -0.2) is 27.4 Å². The number of imidazole rings is 1. The molecule has 29 heavy (non-hydrogen) atoms. The van der Waals surface area contributed by atoms with Gasteiger partial charge in [0.1, 0.15) is 0 Å². The normalized spacial score (nSPS) is 16.5. The van der Waals surface area contributed by atoms with Crippen LogP contribution in [0.15, 0.2) is 30.5 Å². The van der Waals surface area contributed by atoms with Gasteiger partial charge >= 0.3 is 0 Å². The Kier molecular flexibility index (Phi) is 4.16. The third kappa shape index (κ3) is 2.83. The largest absolute Gasteiger partial charge is 0.376 e. The average Bonchev–Trinajstić information content (AvgIpc) is 3.22. The number of aryl methyl sites for hydroxylation is 2. The number of nitrogens with zero attached hydrogens (tertiary/aromatic N) is 2. The summed E-state index contributed by atoms with van der Waals surface area (Å²) in [6, 6.07) is 8.75. The molecule has 1 spiro atoms. The first-order valence-electron chi connectivity index (χ1n) is 10.7. The van der Waals surface area contributed by atoms with Crippen molar-refractivity contribution < 1.29 is 4.79 Å². The summed E-state index contributed by atoms with van der Waals surface area (Å²) in [6.45, 7) is 6.88. The van der Waals surface area contributed by atoms with Gasteiger partial charge in [-0.05, 0) is 62.6 Å². The molecule has 2 aromatic heterocycles. The van der Waals surface area contributed by atoms with Crippen molar-refractivity contribution in [3.8, 4) is 0 Å². The Morgan fingerprint density at radius 1 is 1.24 bits per heavy atom. The van der Waals surface area contributed by atoms with Gasteiger partial charge in [0.2, 0.25) is 0 Å². The molecule has 1 aromatic carbocycles. The van der Waals surface area contributed by atoms with E-state index in [9.17, 15) is 4.79 Å². The molecule has 0 unspecified atom stereocenters. The molecule has 0 fully saturated rings. The zero-order valence-corrected chi connectivity index (χ0v) is 17.4. The number of carbonyl (C=O) groups is 1. The highest BCUT2D eigenvalue weighted by Crippen LogP contribution is 2.43. The van der Waals surface area contributed by atoms with Gasteiger partial charge in [0, 0.05) is 24.0 Å². The maximum Gasteiger partial charge on any atom is 0.253 e. The number of rotatable bonds is 3. The first kappa shape index (κ1) is 18.2. The molecule has 3 aromatic rings. The number of pyridine rings is 1. The van der Waals surface area contributed by atoms with E-state index in [0.29, 0.717) is 6.54 Å². The number of anilines is 1. The second-order valence-electron chi connectivity index (χ2n) is 8.66. The van der Waals surface area contributed by atoms with Gasteiger partial charge in [-0.1, -0.05) is 31.2 Å². The van der Waals surface area contributed by atoms with Crippen molar-refractivity contribution in [2.75, 3.05) is 11.9 Å². The van der Waals surface area contributed by atoms with E-state index in [1.165, 1.54) is 11.1 Å². The highest BCUT2D eigenvalue weighted by molar-refractivity contribution is 5.98. The van der Waals surface area contributed by atoms with E-state index >= 15 is 0 Å².